The molecular weight excluding hydrogens is 250 g/mol. The Hall–Kier alpha value is -0.750. The number of nitrogens with zero attached hydrogens (tertiary/aromatic N) is 2. The highest BCUT2D eigenvalue weighted by atomic mass is 32.2. The maximum Gasteiger partial charge on any atom is 0.246 e. The summed E-state index contributed by atoms with van der Waals surface area (Å²) in [5.41, 5.74) is 0. The van der Waals surface area contributed by atoms with Crippen LogP contribution in [0.25, 0.3) is 0 Å². The highest BCUT2D eigenvalue weighted by Crippen LogP contribution is 2.47. The molecule has 0 radical (unpaired) electrons. The number of likely N-dealkylation sites (N-methyl/N-ethyl adjacent to an activating group) is 2. The Morgan fingerprint density at radius 2 is 2.39 bits per heavy atom. The third kappa shape index (κ3) is 2.23. The molecule has 18 heavy (non-hydrogen) atoms. The predicted octanol–water partition coefficient (Wildman–Crippen LogP) is 0.118. The molecule has 0 aromatic carbocycles. The van der Waals surface area contributed by atoms with Gasteiger partial charge in [0.15, 0.2) is 0 Å². The summed E-state index contributed by atoms with van der Waals surface area (Å²) in [6.45, 7) is 3.52. The van der Waals surface area contributed by atoms with Crippen molar-refractivity contribution >= 4 is 23.6 Å². The van der Waals surface area contributed by atoms with E-state index in [9.17, 15) is 9.59 Å². The van der Waals surface area contributed by atoms with Gasteiger partial charge in [-0.1, -0.05) is 0 Å². The van der Waals surface area contributed by atoms with Crippen LogP contribution in [0.15, 0.2) is 0 Å². The van der Waals surface area contributed by atoms with E-state index >= 15 is 0 Å². The number of hydrogen-bond acceptors (Lipinski definition) is 4. The summed E-state index contributed by atoms with van der Waals surface area (Å²) in [5.74, 6) is 0.921. The van der Waals surface area contributed by atoms with Crippen LogP contribution in [0.2, 0.25) is 0 Å². The van der Waals surface area contributed by atoms with Crippen LogP contribution in [0, 0.1) is 0 Å². The van der Waals surface area contributed by atoms with Crippen LogP contribution >= 0.6 is 11.8 Å². The summed E-state index contributed by atoms with van der Waals surface area (Å²) in [5, 5.41) is 3.03. The second kappa shape index (κ2) is 5.09. The minimum absolute atomic E-state index is 0.0664. The van der Waals surface area contributed by atoms with Gasteiger partial charge in [0, 0.05) is 32.3 Å². The van der Waals surface area contributed by atoms with Crippen molar-refractivity contribution in [3.63, 3.8) is 0 Å². The third-order valence-electron chi connectivity index (χ3n) is 3.80. The van der Waals surface area contributed by atoms with E-state index in [2.05, 4.69) is 12.2 Å². The Bertz CT molecular complexity index is 363. The molecule has 2 unspecified atom stereocenters. The monoisotopic (exact) mass is 271 g/mol. The highest BCUT2D eigenvalue weighted by Gasteiger charge is 2.53. The summed E-state index contributed by atoms with van der Waals surface area (Å²) in [4.78, 5) is 27.7. The molecule has 0 bridgehead atoms. The van der Waals surface area contributed by atoms with Gasteiger partial charge in [-0.2, -0.15) is 0 Å². The summed E-state index contributed by atoms with van der Waals surface area (Å²) >= 11 is 1.74. The van der Waals surface area contributed by atoms with Crippen molar-refractivity contribution in [3.8, 4) is 0 Å². The van der Waals surface area contributed by atoms with Gasteiger partial charge in [-0.25, -0.2) is 0 Å². The van der Waals surface area contributed by atoms with E-state index in [1.54, 1.807) is 23.7 Å². The summed E-state index contributed by atoms with van der Waals surface area (Å²) in [7, 11) is 3.67. The Balaban J connectivity index is 2.05. The quantitative estimate of drug-likeness (QED) is 0.789. The Morgan fingerprint density at radius 1 is 1.67 bits per heavy atom. The molecule has 2 aliphatic rings. The first kappa shape index (κ1) is 13.7. The molecule has 1 N–H and O–H groups in total. The number of fused-ring (bicyclic) bond motifs is 1. The summed E-state index contributed by atoms with van der Waals surface area (Å²) in [6, 6.07) is -0.267. The lowest BCUT2D eigenvalue weighted by Crippen LogP contribution is -2.51. The average molecular weight is 271 g/mol. The van der Waals surface area contributed by atoms with Crippen molar-refractivity contribution in [2.24, 2.45) is 0 Å². The van der Waals surface area contributed by atoms with Gasteiger partial charge < -0.3 is 15.1 Å². The largest absolute Gasteiger partial charge is 0.343 e. The van der Waals surface area contributed by atoms with Crippen molar-refractivity contribution < 1.29 is 9.59 Å². The molecule has 0 saturated carbocycles. The van der Waals surface area contributed by atoms with Crippen LogP contribution in [0.3, 0.4) is 0 Å². The van der Waals surface area contributed by atoms with Gasteiger partial charge in [0.2, 0.25) is 11.8 Å². The minimum Gasteiger partial charge on any atom is -0.343 e. The van der Waals surface area contributed by atoms with Gasteiger partial charge in [-0.05, 0) is 20.4 Å². The molecule has 2 atom stereocenters. The number of carbonyl (C=O) groups excluding carboxylic acids is 2. The molecule has 2 aliphatic heterocycles. The van der Waals surface area contributed by atoms with Crippen LogP contribution < -0.4 is 5.32 Å². The van der Waals surface area contributed by atoms with Crippen molar-refractivity contribution in [1.29, 1.82) is 0 Å². The molecule has 6 heteroatoms. The maximum absolute atomic E-state index is 12.4. The molecule has 5 nitrogen and oxygen atoms in total. The second-order valence-corrected chi connectivity index (χ2v) is 6.63. The lowest BCUT2D eigenvalue weighted by atomic mass is 10.2. The normalized spacial score (nSPS) is 30.7. The van der Waals surface area contributed by atoms with Crippen LogP contribution in [-0.2, 0) is 9.59 Å². The van der Waals surface area contributed by atoms with Crippen LogP contribution in [-0.4, -0.2) is 65.5 Å². The molecule has 2 saturated heterocycles. The van der Waals surface area contributed by atoms with Crippen molar-refractivity contribution in [1.82, 2.24) is 15.1 Å². The van der Waals surface area contributed by atoms with E-state index in [1.807, 2.05) is 11.9 Å². The molecule has 2 heterocycles. The van der Waals surface area contributed by atoms with Crippen molar-refractivity contribution in [2.45, 2.75) is 30.7 Å². The number of carbonyl (C=O) groups is 2. The molecule has 2 fully saturated rings. The first-order chi connectivity index (χ1) is 8.49. The molecule has 0 aromatic heterocycles. The molecule has 2 rings (SSSR count). The van der Waals surface area contributed by atoms with Gasteiger partial charge in [0.25, 0.3) is 0 Å². The van der Waals surface area contributed by atoms with E-state index in [1.165, 1.54) is 0 Å². The smallest absolute Gasteiger partial charge is 0.246 e. The lowest BCUT2D eigenvalue weighted by Gasteiger charge is -2.31. The second-order valence-electron chi connectivity index (χ2n) is 5.13. The standard InChI is InChI=1S/C12H21N3O2S/c1-12-5-4-10(16)15(12)9(8-18-12)11(17)14(3)7-6-13-2/h9,13H,4-8H2,1-3H3. The van der Waals surface area contributed by atoms with Crippen LogP contribution in [0.4, 0.5) is 0 Å². The zero-order valence-corrected chi connectivity index (χ0v) is 12.0. The Labute approximate surface area is 112 Å². The van der Waals surface area contributed by atoms with E-state index in [0.29, 0.717) is 13.0 Å². The number of hydrogen-bond donors (Lipinski definition) is 1. The molecular formula is C12H21N3O2S. The number of rotatable bonds is 4. The Kier molecular flexibility index (Phi) is 3.87. The lowest BCUT2D eigenvalue weighted by molar-refractivity contribution is -0.142. The summed E-state index contributed by atoms with van der Waals surface area (Å²) in [6.07, 6.45) is 1.44. The predicted molar refractivity (Wildman–Crippen MR) is 72.3 cm³/mol. The molecule has 2 amide bonds. The number of amides is 2. The van der Waals surface area contributed by atoms with Crippen molar-refractivity contribution in [3.05, 3.63) is 0 Å². The van der Waals surface area contributed by atoms with Crippen LogP contribution in [0.1, 0.15) is 19.8 Å². The minimum atomic E-state index is -0.267. The van der Waals surface area contributed by atoms with E-state index in [-0.39, 0.29) is 22.7 Å². The number of nitrogens with one attached hydrogen (secondary N) is 1. The van der Waals surface area contributed by atoms with Gasteiger partial charge in [-0.15, -0.1) is 11.8 Å². The van der Waals surface area contributed by atoms with E-state index in [0.717, 1.165) is 18.7 Å². The van der Waals surface area contributed by atoms with Gasteiger partial charge in [0.05, 0.1) is 4.87 Å². The zero-order chi connectivity index (χ0) is 13.3. The number of thioether (sulfide) groups is 1. The molecule has 102 valence electrons. The fourth-order valence-electron chi connectivity index (χ4n) is 2.65. The molecule has 0 spiro atoms. The Morgan fingerprint density at radius 3 is 3.06 bits per heavy atom. The SMILES string of the molecule is CNCCN(C)C(=O)C1CSC2(C)CCC(=O)N12. The van der Waals surface area contributed by atoms with Crippen molar-refractivity contribution in [2.75, 3.05) is 32.9 Å². The van der Waals surface area contributed by atoms with Crippen LogP contribution in [0.5, 0.6) is 0 Å². The van der Waals surface area contributed by atoms with E-state index in [4.69, 9.17) is 0 Å². The third-order valence-corrected chi connectivity index (χ3v) is 5.31. The van der Waals surface area contributed by atoms with E-state index < -0.39 is 0 Å². The average Bonchev–Trinajstić information content (AvgIpc) is 2.83. The van der Waals surface area contributed by atoms with Gasteiger partial charge >= 0.3 is 0 Å². The fourth-order valence-corrected chi connectivity index (χ4v) is 4.07. The first-order valence-electron chi connectivity index (χ1n) is 6.35. The highest BCUT2D eigenvalue weighted by molar-refractivity contribution is 8.01. The van der Waals surface area contributed by atoms with Gasteiger partial charge in [-0.3, -0.25) is 9.59 Å². The molecule has 0 aliphatic carbocycles. The fraction of sp³-hybridized carbons (Fsp3) is 0.833. The zero-order valence-electron chi connectivity index (χ0n) is 11.2. The summed E-state index contributed by atoms with van der Waals surface area (Å²) < 4.78 is 0. The first-order valence-corrected chi connectivity index (χ1v) is 7.34. The topological polar surface area (TPSA) is 52.7 Å². The molecule has 0 aromatic rings. The van der Waals surface area contributed by atoms with Gasteiger partial charge in [0.1, 0.15) is 6.04 Å². The maximum atomic E-state index is 12.4.